The molecule has 0 bridgehead atoms. The number of rotatable bonds is 3. The molecule has 3 aromatic rings. The van der Waals surface area contributed by atoms with E-state index in [0.717, 1.165) is 13.1 Å². The molecule has 0 unspecified atom stereocenters. The van der Waals surface area contributed by atoms with Crippen LogP contribution in [0.3, 0.4) is 0 Å². The average molecular weight is 365 g/mol. The van der Waals surface area contributed by atoms with E-state index in [1.54, 1.807) is 28.6 Å². The lowest BCUT2D eigenvalue weighted by atomic mass is 10.2. The van der Waals surface area contributed by atoms with E-state index in [9.17, 15) is 9.18 Å². The fourth-order valence-corrected chi connectivity index (χ4v) is 3.26. The van der Waals surface area contributed by atoms with Crippen molar-refractivity contribution in [2.45, 2.75) is 6.92 Å². The molecule has 1 aliphatic rings. The highest BCUT2D eigenvalue weighted by Crippen LogP contribution is 2.17. The molecule has 4 rings (SSSR count). The van der Waals surface area contributed by atoms with E-state index in [-0.39, 0.29) is 17.5 Å². The number of aryl methyl sites for hydroxylation is 1. The summed E-state index contributed by atoms with van der Waals surface area (Å²) < 4.78 is 14.7. The molecular formula is C20H20FN5O. The number of carbonyl (C=O) groups is 1. The Hall–Kier alpha value is -3.22. The number of nitrogens with zero attached hydrogens (tertiary/aromatic N) is 5. The van der Waals surface area contributed by atoms with Crippen molar-refractivity contribution in [3.8, 4) is 5.69 Å². The molecule has 1 aromatic heterocycles. The number of amides is 1. The Kier molecular flexibility index (Phi) is 4.58. The Morgan fingerprint density at radius 1 is 0.926 bits per heavy atom. The number of para-hydroxylation sites is 1. The summed E-state index contributed by atoms with van der Waals surface area (Å²) in [5, 5.41) is 4.34. The van der Waals surface area contributed by atoms with Gasteiger partial charge in [0.05, 0.1) is 5.69 Å². The van der Waals surface area contributed by atoms with Crippen LogP contribution >= 0.6 is 0 Å². The van der Waals surface area contributed by atoms with Crippen molar-refractivity contribution < 1.29 is 9.18 Å². The van der Waals surface area contributed by atoms with Gasteiger partial charge in [0.25, 0.3) is 5.91 Å². The highest BCUT2D eigenvalue weighted by atomic mass is 19.1. The molecule has 0 aliphatic carbocycles. The molecule has 0 radical (unpaired) electrons. The Morgan fingerprint density at radius 3 is 2.26 bits per heavy atom. The minimum Gasteiger partial charge on any atom is -0.368 e. The maximum atomic E-state index is 13.1. The van der Waals surface area contributed by atoms with Gasteiger partial charge in [0, 0.05) is 31.9 Å². The minimum atomic E-state index is -0.316. The van der Waals surface area contributed by atoms with Crippen LogP contribution in [0.5, 0.6) is 0 Å². The highest BCUT2D eigenvalue weighted by Gasteiger charge is 2.25. The van der Waals surface area contributed by atoms with Crippen LogP contribution in [0.1, 0.15) is 16.4 Å². The summed E-state index contributed by atoms with van der Waals surface area (Å²) in [6.45, 7) is 4.57. The van der Waals surface area contributed by atoms with E-state index in [4.69, 9.17) is 0 Å². The molecule has 0 saturated carbocycles. The van der Waals surface area contributed by atoms with Crippen molar-refractivity contribution >= 4 is 11.6 Å². The minimum absolute atomic E-state index is 0.171. The van der Waals surface area contributed by atoms with Crippen LogP contribution in [0.2, 0.25) is 0 Å². The Balaban J connectivity index is 1.46. The van der Waals surface area contributed by atoms with Gasteiger partial charge < -0.3 is 9.80 Å². The largest absolute Gasteiger partial charge is 0.368 e. The third-order valence-electron chi connectivity index (χ3n) is 4.72. The van der Waals surface area contributed by atoms with Crippen LogP contribution in [-0.4, -0.2) is 51.8 Å². The number of aromatic nitrogens is 3. The first-order chi connectivity index (χ1) is 13.1. The zero-order valence-corrected chi connectivity index (χ0v) is 15.0. The highest BCUT2D eigenvalue weighted by molar-refractivity contribution is 5.90. The maximum absolute atomic E-state index is 13.1. The van der Waals surface area contributed by atoms with Gasteiger partial charge in [-0.1, -0.05) is 18.2 Å². The van der Waals surface area contributed by atoms with Gasteiger partial charge in [-0.05, 0) is 43.3 Å². The monoisotopic (exact) mass is 365 g/mol. The Bertz CT molecular complexity index is 931. The first-order valence-electron chi connectivity index (χ1n) is 8.91. The third-order valence-corrected chi connectivity index (χ3v) is 4.72. The first kappa shape index (κ1) is 17.2. The molecule has 1 fully saturated rings. The summed E-state index contributed by atoms with van der Waals surface area (Å²) in [5.74, 6) is 0.272. The molecular weight excluding hydrogens is 345 g/mol. The van der Waals surface area contributed by atoms with E-state index in [1.807, 2.05) is 18.2 Å². The lowest BCUT2D eigenvalue weighted by molar-refractivity contribution is 0.0734. The number of anilines is 1. The summed E-state index contributed by atoms with van der Waals surface area (Å²) in [4.78, 5) is 21.2. The lowest BCUT2D eigenvalue weighted by Crippen LogP contribution is -2.49. The molecule has 1 aliphatic heterocycles. The molecule has 0 spiro atoms. The number of benzene rings is 2. The molecule has 1 amide bonds. The fourth-order valence-electron chi connectivity index (χ4n) is 3.26. The molecule has 138 valence electrons. The second-order valence-electron chi connectivity index (χ2n) is 6.49. The lowest BCUT2D eigenvalue weighted by Gasteiger charge is -2.35. The zero-order valence-electron chi connectivity index (χ0n) is 15.0. The smallest absolute Gasteiger partial charge is 0.293 e. The average Bonchev–Trinajstić information content (AvgIpc) is 3.10. The van der Waals surface area contributed by atoms with Crippen LogP contribution in [0.25, 0.3) is 5.69 Å². The van der Waals surface area contributed by atoms with Crippen LogP contribution < -0.4 is 4.90 Å². The van der Waals surface area contributed by atoms with E-state index >= 15 is 0 Å². The normalized spacial score (nSPS) is 14.4. The molecule has 2 heterocycles. The van der Waals surface area contributed by atoms with Gasteiger partial charge in [-0.25, -0.2) is 14.1 Å². The van der Waals surface area contributed by atoms with Gasteiger partial charge in [0.2, 0.25) is 5.82 Å². The Labute approximate surface area is 156 Å². The van der Waals surface area contributed by atoms with Gasteiger partial charge >= 0.3 is 0 Å². The molecule has 2 aromatic carbocycles. The number of carbonyl (C=O) groups excluding carboxylic acids is 1. The van der Waals surface area contributed by atoms with Crippen molar-refractivity contribution in [2.24, 2.45) is 0 Å². The van der Waals surface area contributed by atoms with E-state index in [2.05, 4.69) is 27.1 Å². The van der Waals surface area contributed by atoms with Crippen molar-refractivity contribution in [1.29, 1.82) is 0 Å². The van der Waals surface area contributed by atoms with Gasteiger partial charge in [-0.2, -0.15) is 0 Å². The van der Waals surface area contributed by atoms with Crippen molar-refractivity contribution in [3.63, 3.8) is 0 Å². The number of hydrogen-bond acceptors (Lipinski definition) is 4. The summed E-state index contributed by atoms with van der Waals surface area (Å²) in [5.41, 5.74) is 1.84. The summed E-state index contributed by atoms with van der Waals surface area (Å²) in [7, 11) is 0. The van der Waals surface area contributed by atoms with Crippen molar-refractivity contribution in [1.82, 2.24) is 19.7 Å². The molecule has 0 N–H and O–H groups in total. The molecule has 6 nitrogen and oxygen atoms in total. The van der Waals surface area contributed by atoms with Crippen LogP contribution in [0, 0.1) is 12.7 Å². The standard InChI is InChI=1S/C20H20FN5O/c1-15-22-19(23-26(15)18-9-7-16(21)8-10-18)20(27)25-13-11-24(12-14-25)17-5-3-2-4-6-17/h2-10H,11-14H2,1H3. The SMILES string of the molecule is Cc1nc(C(=O)N2CCN(c3ccccc3)CC2)nn1-c1ccc(F)cc1. The van der Waals surface area contributed by atoms with E-state index in [0.29, 0.717) is 24.6 Å². The van der Waals surface area contributed by atoms with Crippen LogP contribution in [0.15, 0.2) is 54.6 Å². The van der Waals surface area contributed by atoms with E-state index < -0.39 is 0 Å². The zero-order chi connectivity index (χ0) is 18.8. The summed E-state index contributed by atoms with van der Waals surface area (Å²) >= 11 is 0. The quantitative estimate of drug-likeness (QED) is 0.716. The number of piperazine rings is 1. The number of hydrogen-bond donors (Lipinski definition) is 0. The van der Waals surface area contributed by atoms with Gasteiger partial charge in [-0.15, -0.1) is 5.10 Å². The molecule has 27 heavy (non-hydrogen) atoms. The summed E-state index contributed by atoms with van der Waals surface area (Å²) in [6.07, 6.45) is 0. The van der Waals surface area contributed by atoms with Crippen molar-refractivity contribution in [3.05, 3.63) is 72.1 Å². The van der Waals surface area contributed by atoms with E-state index in [1.165, 1.54) is 17.8 Å². The Morgan fingerprint density at radius 2 is 1.59 bits per heavy atom. The topological polar surface area (TPSA) is 54.3 Å². The third kappa shape index (κ3) is 3.53. The molecule has 7 heteroatoms. The van der Waals surface area contributed by atoms with Gasteiger partial charge in [-0.3, -0.25) is 4.79 Å². The second kappa shape index (κ2) is 7.19. The van der Waals surface area contributed by atoms with Crippen LogP contribution in [-0.2, 0) is 0 Å². The maximum Gasteiger partial charge on any atom is 0.293 e. The van der Waals surface area contributed by atoms with Crippen LogP contribution in [0.4, 0.5) is 10.1 Å². The predicted molar refractivity (Wildman–Crippen MR) is 101 cm³/mol. The molecule has 1 saturated heterocycles. The summed E-state index contributed by atoms with van der Waals surface area (Å²) in [6, 6.07) is 16.1. The van der Waals surface area contributed by atoms with Gasteiger partial charge in [0.1, 0.15) is 11.6 Å². The fraction of sp³-hybridized carbons (Fsp3) is 0.250. The van der Waals surface area contributed by atoms with Gasteiger partial charge in [0.15, 0.2) is 0 Å². The number of halogens is 1. The first-order valence-corrected chi connectivity index (χ1v) is 8.91. The van der Waals surface area contributed by atoms with Crippen molar-refractivity contribution in [2.75, 3.05) is 31.1 Å². The molecule has 0 atom stereocenters. The second-order valence-corrected chi connectivity index (χ2v) is 6.49. The predicted octanol–water partition coefficient (Wildman–Crippen LogP) is 2.68.